The summed E-state index contributed by atoms with van der Waals surface area (Å²) >= 11 is 0. The van der Waals surface area contributed by atoms with Crippen LogP contribution in [0.15, 0.2) is 12.2 Å². The van der Waals surface area contributed by atoms with E-state index in [1.807, 2.05) is 0 Å². The molecule has 1 heterocycles. The zero-order valence-corrected chi connectivity index (χ0v) is 9.29. The summed E-state index contributed by atoms with van der Waals surface area (Å²) in [5.74, 6) is 3.58. The summed E-state index contributed by atoms with van der Waals surface area (Å²) in [6.45, 7) is 4.81. The Morgan fingerprint density at radius 2 is 2.08 bits per heavy atom. The SMILES string of the molecule is C[Si]1(C)C[C@@H]2C[C@H]3[C@H]4C=C[C@@H]2[C@]43O1. The fraction of sp³-hybridized carbons (Fsp3) is 0.818. The largest absolute Gasteiger partial charge is 0.410 e. The average Bonchev–Trinajstić information content (AvgIpc) is 2.36. The molecule has 13 heavy (non-hydrogen) atoms. The van der Waals surface area contributed by atoms with Gasteiger partial charge in [0.2, 0.25) is 0 Å². The predicted molar refractivity (Wildman–Crippen MR) is 53.8 cm³/mol. The number of hydrogen-bond donors (Lipinski definition) is 0. The van der Waals surface area contributed by atoms with Gasteiger partial charge in [-0.15, -0.1) is 0 Å². The summed E-state index contributed by atoms with van der Waals surface area (Å²) in [6.07, 6.45) is 6.38. The van der Waals surface area contributed by atoms with Gasteiger partial charge in [-0.05, 0) is 37.4 Å². The van der Waals surface area contributed by atoms with Crippen molar-refractivity contribution in [2.45, 2.75) is 31.2 Å². The lowest BCUT2D eigenvalue weighted by Gasteiger charge is -2.40. The molecule has 1 aliphatic heterocycles. The Morgan fingerprint density at radius 1 is 1.31 bits per heavy atom. The average molecular weight is 192 g/mol. The van der Waals surface area contributed by atoms with Gasteiger partial charge < -0.3 is 4.43 Å². The highest BCUT2D eigenvalue weighted by Crippen LogP contribution is 2.75. The molecule has 0 aromatic carbocycles. The summed E-state index contributed by atoms with van der Waals surface area (Å²) in [5, 5.41) is 0. The first-order valence-electron chi connectivity index (χ1n) is 5.52. The van der Waals surface area contributed by atoms with Crippen molar-refractivity contribution >= 4 is 8.32 Å². The first kappa shape index (κ1) is 7.24. The molecule has 0 amide bonds. The van der Waals surface area contributed by atoms with Crippen molar-refractivity contribution in [3.05, 3.63) is 12.2 Å². The second-order valence-corrected chi connectivity index (χ2v) is 10.1. The molecule has 0 unspecified atom stereocenters. The van der Waals surface area contributed by atoms with Crippen molar-refractivity contribution in [2.24, 2.45) is 23.7 Å². The Morgan fingerprint density at radius 3 is 2.92 bits per heavy atom. The van der Waals surface area contributed by atoms with Gasteiger partial charge in [-0.1, -0.05) is 12.2 Å². The summed E-state index contributed by atoms with van der Waals surface area (Å²) < 4.78 is 6.49. The normalized spacial score (nSPS) is 63.8. The molecule has 0 aromatic rings. The smallest absolute Gasteiger partial charge is 0.187 e. The lowest BCUT2D eigenvalue weighted by molar-refractivity contribution is 0.0887. The van der Waals surface area contributed by atoms with E-state index in [1.54, 1.807) is 0 Å². The summed E-state index contributed by atoms with van der Waals surface area (Å²) in [7, 11) is -1.27. The fourth-order valence-corrected chi connectivity index (χ4v) is 7.68. The molecule has 1 nitrogen and oxygen atoms in total. The monoisotopic (exact) mass is 192 g/mol. The Kier molecular flexibility index (Phi) is 0.946. The number of fused-ring (bicyclic) bond motifs is 1. The molecule has 2 bridgehead atoms. The van der Waals surface area contributed by atoms with E-state index in [9.17, 15) is 0 Å². The first-order chi connectivity index (χ1) is 6.13. The zero-order valence-electron chi connectivity index (χ0n) is 8.29. The quantitative estimate of drug-likeness (QED) is 0.423. The van der Waals surface area contributed by atoms with Crippen molar-refractivity contribution in [2.75, 3.05) is 0 Å². The molecular weight excluding hydrogens is 176 g/mol. The van der Waals surface area contributed by atoms with Gasteiger partial charge >= 0.3 is 0 Å². The van der Waals surface area contributed by atoms with E-state index in [0.717, 1.165) is 23.7 Å². The van der Waals surface area contributed by atoms with Crippen LogP contribution >= 0.6 is 0 Å². The van der Waals surface area contributed by atoms with Crippen LogP contribution < -0.4 is 0 Å². The van der Waals surface area contributed by atoms with Crippen molar-refractivity contribution in [3.8, 4) is 0 Å². The van der Waals surface area contributed by atoms with Crippen LogP contribution in [0.4, 0.5) is 0 Å². The van der Waals surface area contributed by atoms with Gasteiger partial charge in [-0.2, -0.15) is 0 Å². The van der Waals surface area contributed by atoms with Crippen LogP contribution in [0.25, 0.3) is 0 Å². The van der Waals surface area contributed by atoms with Crippen LogP contribution in [0.1, 0.15) is 6.42 Å². The molecule has 4 aliphatic rings. The van der Waals surface area contributed by atoms with Gasteiger partial charge in [-0.3, -0.25) is 0 Å². The Bertz CT molecular complexity index is 322. The Hall–Kier alpha value is -0.0831. The van der Waals surface area contributed by atoms with Crippen LogP contribution in [0.3, 0.4) is 0 Å². The lowest BCUT2D eigenvalue weighted by atomic mass is 9.93. The van der Waals surface area contributed by atoms with E-state index in [1.165, 1.54) is 12.5 Å². The van der Waals surface area contributed by atoms with Crippen LogP contribution in [-0.2, 0) is 4.43 Å². The van der Waals surface area contributed by atoms with Gasteiger partial charge in [0.1, 0.15) is 0 Å². The van der Waals surface area contributed by atoms with E-state index >= 15 is 0 Å². The molecule has 0 N–H and O–H groups in total. The van der Waals surface area contributed by atoms with Gasteiger partial charge in [0.15, 0.2) is 8.32 Å². The van der Waals surface area contributed by atoms with E-state index in [2.05, 4.69) is 25.2 Å². The minimum atomic E-state index is -1.27. The maximum absolute atomic E-state index is 6.49. The van der Waals surface area contributed by atoms with Crippen LogP contribution in [0.5, 0.6) is 0 Å². The van der Waals surface area contributed by atoms with Crippen LogP contribution in [0.2, 0.25) is 19.1 Å². The first-order valence-corrected chi connectivity index (χ1v) is 8.63. The van der Waals surface area contributed by atoms with Crippen molar-refractivity contribution in [1.82, 2.24) is 0 Å². The molecule has 2 heteroatoms. The Labute approximate surface area is 80.3 Å². The van der Waals surface area contributed by atoms with Gasteiger partial charge in [0.25, 0.3) is 0 Å². The van der Waals surface area contributed by atoms with Gasteiger partial charge in [0, 0.05) is 11.8 Å². The maximum Gasteiger partial charge on any atom is 0.187 e. The van der Waals surface area contributed by atoms with Crippen molar-refractivity contribution in [3.63, 3.8) is 0 Å². The van der Waals surface area contributed by atoms with Crippen molar-refractivity contribution < 1.29 is 4.43 Å². The van der Waals surface area contributed by atoms with E-state index in [0.29, 0.717) is 5.60 Å². The highest BCUT2D eigenvalue weighted by atomic mass is 28.4. The molecule has 4 rings (SSSR count). The van der Waals surface area contributed by atoms with E-state index in [-0.39, 0.29) is 0 Å². The highest BCUT2D eigenvalue weighted by Gasteiger charge is 2.78. The van der Waals surface area contributed by atoms with E-state index < -0.39 is 8.32 Å². The van der Waals surface area contributed by atoms with Gasteiger partial charge in [0.05, 0.1) is 5.60 Å². The Balaban J connectivity index is 1.84. The molecular formula is C11H16OSi. The second-order valence-electron chi connectivity index (χ2n) is 5.96. The molecule has 0 radical (unpaired) electrons. The molecule has 3 aliphatic carbocycles. The van der Waals surface area contributed by atoms with Crippen LogP contribution in [-0.4, -0.2) is 13.9 Å². The van der Waals surface area contributed by atoms with Crippen LogP contribution in [0, 0.1) is 23.7 Å². The number of rotatable bonds is 0. The third kappa shape index (κ3) is 0.608. The zero-order chi connectivity index (χ0) is 8.84. The third-order valence-electron chi connectivity index (χ3n) is 4.74. The molecule has 1 spiro atoms. The van der Waals surface area contributed by atoms with E-state index in [4.69, 9.17) is 4.43 Å². The lowest BCUT2D eigenvalue weighted by Crippen LogP contribution is -2.47. The fourth-order valence-electron chi connectivity index (χ4n) is 4.53. The third-order valence-corrected chi connectivity index (χ3v) is 7.16. The number of hydrogen-bond acceptors (Lipinski definition) is 1. The predicted octanol–water partition coefficient (Wildman–Crippen LogP) is 2.41. The standard InChI is InChI=1S/C11H16OSi/c1-13(2)6-7-5-10-9-4-3-8(7)11(9,10)12-13/h3-4,7-10H,5-6H2,1-2H3/t7-,8-,9+,10-,11-/m0/s1. The molecule has 2 saturated carbocycles. The summed E-state index contributed by atoms with van der Waals surface area (Å²) in [5.41, 5.74) is 0.374. The molecule has 5 atom stereocenters. The molecule has 3 fully saturated rings. The van der Waals surface area contributed by atoms with Gasteiger partial charge in [-0.25, -0.2) is 0 Å². The minimum absolute atomic E-state index is 0.374. The molecule has 70 valence electrons. The maximum atomic E-state index is 6.49. The summed E-state index contributed by atoms with van der Waals surface area (Å²) in [4.78, 5) is 0. The topological polar surface area (TPSA) is 9.23 Å². The second kappa shape index (κ2) is 1.70. The highest BCUT2D eigenvalue weighted by molar-refractivity contribution is 6.71. The molecule has 1 saturated heterocycles. The summed E-state index contributed by atoms with van der Waals surface area (Å²) in [6, 6.07) is 1.41. The van der Waals surface area contributed by atoms with Crippen molar-refractivity contribution in [1.29, 1.82) is 0 Å². The molecule has 0 aromatic heterocycles. The minimum Gasteiger partial charge on any atom is -0.410 e.